The molecule has 11 N–H and O–H groups in total. The quantitative estimate of drug-likeness (QED) is 0.0765. The summed E-state index contributed by atoms with van der Waals surface area (Å²) in [4.78, 5) is 67.3. The first kappa shape index (κ1) is 29.9. The molecule has 4 atom stereocenters. The molecule has 1 aromatic heterocycles. The largest absolute Gasteiger partial charge is 0.480 e. The summed E-state index contributed by atoms with van der Waals surface area (Å²) in [5.74, 6) is -4.12. The van der Waals surface area contributed by atoms with Crippen molar-refractivity contribution in [2.75, 3.05) is 12.3 Å². The Morgan fingerprint density at radius 1 is 1.00 bits per heavy atom. The van der Waals surface area contributed by atoms with E-state index in [9.17, 15) is 29.1 Å². The topological polar surface area (TPSA) is 248 Å². The fraction of sp³-hybridized carbons (Fsp3) is 0.600. The van der Waals surface area contributed by atoms with Crippen molar-refractivity contribution >= 4 is 42.2 Å². The third-order valence-corrected chi connectivity index (χ3v) is 5.39. The van der Waals surface area contributed by atoms with Gasteiger partial charge in [0.15, 0.2) is 0 Å². The van der Waals surface area contributed by atoms with E-state index in [-0.39, 0.29) is 31.4 Å². The molecule has 0 aromatic carbocycles. The third kappa shape index (κ3) is 11.2. The highest BCUT2D eigenvalue weighted by Crippen LogP contribution is 2.06. The second kappa shape index (κ2) is 15.7. The molecule has 196 valence electrons. The monoisotopic (exact) mass is 514 g/mol. The SMILES string of the molecule is NCCCCC(NC(=O)C(Cc1cnc[nH]1)NC(=O)C(N)CCC(N)=O)C(=O)NC(CS)C(=O)O. The molecule has 0 spiro atoms. The van der Waals surface area contributed by atoms with Gasteiger partial charge in [-0.2, -0.15) is 12.6 Å². The van der Waals surface area contributed by atoms with Crippen molar-refractivity contribution in [1.29, 1.82) is 0 Å². The van der Waals surface area contributed by atoms with Crippen molar-refractivity contribution in [3.8, 4) is 0 Å². The Kier molecular flexibility index (Phi) is 13.4. The van der Waals surface area contributed by atoms with Crippen LogP contribution >= 0.6 is 12.6 Å². The van der Waals surface area contributed by atoms with Gasteiger partial charge in [0, 0.05) is 30.5 Å². The molecule has 0 bridgehead atoms. The Bertz CT molecular complexity index is 853. The minimum absolute atomic E-state index is 0.00560. The highest BCUT2D eigenvalue weighted by molar-refractivity contribution is 7.80. The number of carbonyl (C=O) groups is 5. The average Bonchev–Trinajstić information content (AvgIpc) is 3.32. The van der Waals surface area contributed by atoms with Gasteiger partial charge >= 0.3 is 5.97 Å². The van der Waals surface area contributed by atoms with Crippen molar-refractivity contribution in [3.05, 3.63) is 18.2 Å². The van der Waals surface area contributed by atoms with Crippen molar-refractivity contribution in [1.82, 2.24) is 25.9 Å². The molecule has 4 amide bonds. The summed E-state index contributed by atoms with van der Waals surface area (Å²) in [6, 6.07) is -4.56. The smallest absolute Gasteiger partial charge is 0.327 e. The first-order chi connectivity index (χ1) is 16.6. The van der Waals surface area contributed by atoms with Gasteiger partial charge in [0.05, 0.1) is 12.4 Å². The lowest BCUT2D eigenvalue weighted by molar-refractivity contribution is -0.141. The zero-order chi connectivity index (χ0) is 26.4. The number of imidazole rings is 1. The molecule has 35 heavy (non-hydrogen) atoms. The van der Waals surface area contributed by atoms with E-state index in [4.69, 9.17) is 17.2 Å². The maximum Gasteiger partial charge on any atom is 0.327 e. The highest BCUT2D eigenvalue weighted by Gasteiger charge is 2.30. The van der Waals surface area contributed by atoms with Gasteiger partial charge in [0.1, 0.15) is 18.1 Å². The molecule has 0 aliphatic carbocycles. The molecular weight excluding hydrogens is 480 g/mol. The zero-order valence-corrected chi connectivity index (χ0v) is 20.1. The van der Waals surface area contributed by atoms with Gasteiger partial charge < -0.3 is 43.2 Å². The number of nitrogens with one attached hydrogen (secondary N) is 4. The fourth-order valence-electron chi connectivity index (χ4n) is 3.02. The molecule has 0 saturated heterocycles. The number of hydrogen-bond acceptors (Lipinski definition) is 9. The maximum absolute atomic E-state index is 13.1. The average molecular weight is 515 g/mol. The van der Waals surface area contributed by atoms with Gasteiger partial charge in [-0.1, -0.05) is 0 Å². The molecule has 0 saturated carbocycles. The number of thiol groups is 1. The number of aromatic nitrogens is 2. The number of aromatic amines is 1. The number of hydrogen-bond donors (Lipinski definition) is 9. The van der Waals surface area contributed by atoms with Gasteiger partial charge in [0.2, 0.25) is 23.6 Å². The van der Waals surface area contributed by atoms with Crippen LogP contribution in [0.25, 0.3) is 0 Å². The number of unbranched alkanes of at least 4 members (excludes halogenated alkanes) is 1. The summed E-state index contributed by atoms with van der Waals surface area (Å²) in [7, 11) is 0. The Hall–Kier alpha value is -3.17. The number of rotatable bonds is 17. The minimum Gasteiger partial charge on any atom is -0.480 e. The first-order valence-electron chi connectivity index (χ1n) is 11.0. The predicted octanol–water partition coefficient (Wildman–Crippen LogP) is -2.86. The van der Waals surface area contributed by atoms with E-state index in [1.54, 1.807) is 0 Å². The highest BCUT2D eigenvalue weighted by atomic mass is 32.1. The fourth-order valence-corrected chi connectivity index (χ4v) is 3.27. The lowest BCUT2D eigenvalue weighted by Crippen LogP contribution is -2.57. The zero-order valence-electron chi connectivity index (χ0n) is 19.2. The van der Waals surface area contributed by atoms with Crippen LogP contribution < -0.4 is 33.2 Å². The van der Waals surface area contributed by atoms with Gasteiger partial charge in [0.25, 0.3) is 0 Å². The van der Waals surface area contributed by atoms with Crippen LogP contribution in [0.4, 0.5) is 0 Å². The van der Waals surface area contributed by atoms with E-state index in [1.165, 1.54) is 12.5 Å². The number of H-pyrrole nitrogens is 1. The Labute approximate surface area is 207 Å². The molecule has 0 aliphatic rings. The maximum atomic E-state index is 13.1. The van der Waals surface area contributed by atoms with Crippen LogP contribution in [0.3, 0.4) is 0 Å². The van der Waals surface area contributed by atoms with E-state index in [2.05, 4.69) is 38.5 Å². The molecule has 1 rings (SSSR count). The number of carboxylic acid groups (broad SMARTS) is 1. The van der Waals surface area contributed by atoms with Gasteiger partial charge in [-0.15, -0.1) is 0 Å². The predicted molar refractivity (Wildman–Crippen MR) is 129 cm³/mol. The number of primary amides is 1. The van der Waals surface area contributed by atoms with E-state index in [0.29, 0.717) is 25.1 Å². The van der Waals surface area contributed by atoms with E-state index in [0.717, 1.165) is 0 Å². The van der Waals surface area contributed by atoms with Crippen molar-refractivity contribution in [2.24, 2.45) is 17.2 Å². The van der Waals surface area contributed by atoms with Crippen molar-refractivity contribution in [3.63, 3.8) is 0 Å². The van der Waals surface area contributed by atoms with Crippen LogP contribution in [-0.4, -0.2) is 81.1 Å². The van der Waals surface area contributed by atoms with Crippen LogP contribution in [0.2, 0.25) is 0 Å². The minimum atomic E-state index is -1.27. The second-order valence-electron chi connectivity index (χ2n) is 7.88. The summed E-state index contributed by atoms with van der Waals surface area (Å²) in [5.41, 5.74) is 16.9. The summed E-state index contributed by atoms with van der Waals surface area (Å²) in [5, 5.41) is 16.6. The van der Waals surface area contributed by atoms with Crippen LogP contribution in [-0.2, 0) is 30.4 Å². The van der Waals surface area contributed by atoms with Crippen LogP contribution in [0.5, 0.6) is 0 Å². The van der Waals surface area contributed by atoms with Crippen LogP contribution in [0, 0.1) is 0 Å². The molecule has 4 unspecified atom stereocenters. The molecule has 0 radical (unpaired) electrons. The summed E-state index contributed by atoms with van der Waals surface area (Å²) in [6.07, 6.45) is 4.02. The Morgan fingerprint density at radius 3 is 2.17 bits per heavy atom. The summed E-state index contributed by atoms with van der Waals surface area (Å²) in [6.45, 7) is 0.373. The standard InChI is InChI=1S/C20H34N8O6S/c21-6-2-1-3-13(18(31)28-15(9-35)20(33)34)26-19(32)14(7-11-8-24-10-25-11)27-17(30)12(22)4-5-16(23)29/h8,10,12-15,35H,1-7,9,21-22H2,(H2,23,29)(H,24,25)(H,26,32)(H,27,30)(H,28,31)(H,33,34). The van der Waals surface area contributed by atoms with Crippen molar-refractivity contribution in [2.45, 2.75) is 62.7 Å². The molecule has 0 aliphatic heterocycles. The lowest BCUT2D eigenvalue weighted by Gasteiger charge is -2.25. The van der Waals surface area contributed by atoms with E-state index < -0.39 is 53.8 Å². The van der Waals surface area contributed by atoms with Crippen LogP contribution in [0.15, 0.2) is 12.5 Å². The number of carboxylic acids is 1. The van der Waals surface area contributed by atoms with E-state index in [1.807, 2.05) is 0 Å². The molecule has 0 fully saturated rings. The van der Waals surface area contributed by atoms with Gasteiger partial charge in [-0.25, -0.2) is 9.78 Å². The molecule has 1 heterocycles. The summed E-state index contributed by atoms with van der Waals surface area (Å²) < 4.78 is 0. The lowest BCUT2D eigenvalue weighted by atomic mass is 10.1. The van der Waals surface area contributed by atoms with Gasteiger partial charge in [-0.3, -0.25) is 19.2 Å². The number of aliphatic carboxylic acids is 1. The van der Waals surface area contributed by atoms with Crippen molar-refractivity contribution < 1.29 is 29.1 Å². The molecule has 15 heteroatoms. The second-order valence-corrected chi connectivity index (χ2v) is 8.25. The number of nitrogens with zero attached hydrogens (tertiary/aromatic N) is 1. The third-order valence-electron chi connectivity index (χ3n) is 5.03. The summed E-state index contributed by atoms with van der Waals surface area (Å²) >= 11 is 3.92. The van der Waals surface area contributed by atoms with Gasteiger partial charge in [-0.05, 0) is 32.2 Å². The number of amides is 4. The molecular formula is C20H34N8O6S. The van der Waals surface area contributed by atoms with Crippen LogP contribution in [0.1, 0.15) is 37.8 Å². The molecule has 14 nitrogen and oxygen atoms in total. The number of carbonyl (C=O) groups excluding carboxylic acids is 4. The Balaban J connectivity index is 3.00. The number of nitrogens with two attached hydrogens (primary N) is 3. The normalized spacial score (nSPS) is 14.3. The molecule has 1 aromatic rings. The Morgan fingerprint density at radius 2 is 1.63 bits per heavy atom. The van der Waals surface area contributed by atoms with E-state index >= 15 is 0 Å². The first-order valence-corrected chi connectivity index (χ1v) is 11.7.